The Labute approximate surface area is 211 Å². The van der Waals surface area contributed by atoms with Gasteiger partial charge in [-0.3, -0.25) is 9.59 Å². The first-order chi connectivity index (χ1) is 16.9. The molecule has 11 heteroatoms. The summed E-state index contributed by atoms with van der Waals surface area (Å²) in [7, 11) is 1.20. The lowest BCUT2D eigenvalue weighted by atomic mass is 9.88. The van der Waals surface area contributed by atoms with E-state index >= 15 is 0 Å². The molecule has 0 spiro atoms. The Morgan fingerprint density at radius 3 is 1.94 bits per heavy atom. The second-order valence-electron chi connectivity index (χ2n) is 9.04. The van der Waals surface area contributed by atoms with Crippen LogP contribution in [0.15, 0.2) is 18.2 Å². The molecule has 0 bridgehead atoms. The van der Waals surface area contributed by atoms with Gasteiger partial charge in [-0.2, -0.15) is 0 Å². The van der Waals surface area contributed by atoms with Crippen LogP contribution >= 0.6 is 0 Å². The van der Waals surface area contributed by atoms with Crippen molar-refractivity contribution < 1.29 is 47.6 Å². The third kappa shape index (κ3) is 10.9. The first-order valence-corrected chi connectivity index (χ1v) is 11.7. The molecule has 1 aromatic carbocycles. The van der Waals surface area contributed by atoms with Gasteiger partial charge in [-0.15, -0.1) is 0 Å². The monoisotopic (exact) mass is 511 g/mol. The summed E-state index contributed by atoms with van der Waals surface area (Å²) >= 11 is 0. The molecule has 1 atom stereocenters. The summed E-state index contributed by atoms with van der Waals surface area (Å²) in [6.45, 7) is 9.27. The molecule has 0 aliphatic carbocycles. The molecule has 0 heterocycles. The van der Waals surface area contributed by atoms with Gasteiger partial charge in [0.15, 0.2) is 11.5 Å². The van der Waals surface area contributed by atoms with E-state index in [1.165, 1.54) is 19.2 Å². The van der Waals surface area contributed by atoms with Gasteiger partial charge in [0, 0.05) is 19.3 Å². The molecule has 0 aliphatic rings. The molecule has 0 aliphatic heterocycles. The summed E-state index contributed by atoms with van der Waals surface area (Å²) in [6, 6.07) is 4.32. The first kappa shape index (κ1) is 30.7. The van der Waals surface area contributed by atoms with Gasteiger partial charge in [-0.05, 0) is 29.5 Å². The number of rotatable bonds is 13. The lowest BCUT2D eigenvalue weighted by Gasteiger charge is -2.26. The van der Waals surface area contributed by atoms with Gasteiger partial charge in [-0.1, -0.05) is 40.7 Å². The molecule has 1 rings (SSSR count). The van der Waals surface area contributed by atoms with E-state index in [0.29, 0.717) is 5.56 Å². The van der Waals surface area contributed by atoms with Gasteiger partial charge in [0.1, 0.15) is 5.54 Å². The largest absolute Gasteiger partial charge is 0.513 e. The smallest absolute Gasteiger partial charge is 0.468 e. The molecule has 0 amide bonds. The normalized spacial score (nSPS) is 12.5. The summed E-state index contributed by atoms with van der Waals surface area (Å²) in [5, 5.41) is 0. The predicted molar refractivity (Wildman–Crippen MR) is 129 cm³/mol. The number of methoxy groups -OCH3 is 1. The van der Waals surface area contributed by atoms with Crippen molar-refractivity contribution in [2.24, 2.45) is 17.6 Å². The zero-order valence-electron chi connectivity index (χ0n) is 21.8. The summed E-state index contributed by atoms with van der Waals surface area (Å²) < 4.78 is 30.5. The minimum absolute atomic E-state index is 0.0161. The van der Waals surface area contributed by atoms with Gasteiger partial charge in [-0.25, -0.2) is 9.59 Å². The SMILES string of the molecule is CCC(=O)OCC[C@@](N)(Cc1ccc(OC(=O)OCC(C)C)c(OC(=O)OCC(C)C)c1)C(=O)OC. The molecule has 202 valence electrons. The highest BCUT2D eigenvalue weighted by Gasteiger charge is 2.36. The van der Waals surface area contributed by atoms with Crippen molar-refractivity contribution in [3.63, 3.8) is 0 Å². The Morgan fingerprint density at radius 1 is 0.889 bits per heavy atom. The van der Waals surface area contributed by atoms with E-state index < -0.39 is 29.8 Å². The molecule has 0 radical (unpaired) electrons. The average molecular weight is 512 g/mol. The van der Waals surface area contributed by atoms with Crippen LogP contribution in [0, 0.1) is 11.8 Å². The molecule has 0 unspecified atom stereocenters. The molecule has 2 N–H and O–H groups in total. The minimum Gasteiger partial charge on any atom is -0.468 e. The van der Waals surface area contributed by atoms with E-state index in [4.69, 9.17) is 34.2 Å². The number of benzene rings is 1. The molecule has 0 fully saturated rings. The molecule has 0 saturated carbocycles. The van der Waals surface area contributed by atoms with Crippen LogP contribution in [-0.2, 0) is 35.0 Å². The Morgan fingerprint density at radius 2 is 1.44 bits per heavy atom. The van der Waals surface area contributed by atoms with Crippen LogP contribution in [-0.4, -0.2) is 56.7 Å². The third-order valence-corrected chi connectivity index (χ3v) is 4.68. The second kappa shape index (κ2) is 14.9. The van der Waals surface area contributed by atoms with Crippen LogP contribution < -0.4 is 15.2 Å². The van der Waals surface area contributed by atoms with E-state index in [2.05, 4.69) is 0 Å². The summed E-state index contributed by atoms with van der Waals surface area (Å²) in [5.41, 5.74) is 5.24. The maximum absolute atomic E-state index is 12.5. The Bertz CT molecular complexity index is 899. The molecule has 11 nitrogen and oxygen atoms in total. The van der Waals surface area contributed by atoms with Crippen LogP contribution in [0.4, 0.5) is 9.59 Å². The van der Waals surface area contributed by atoms with Crippen molar-refractivity contribution in [3.8, 4) is 11.5 Å². The first-order valence-electron chi connectivity index (χ1n) is 11.7. The van der Waals surface area contributed by atoms with E-state index in [-0.39, 0.29) is 62.4 Å². The van der Waals surface area contributed by atoms with Crippen LogP contribution in [0.25, 0.3) is 0 Å². The number of nitrogens with two attached hydrogens (primary N) is 1. The topological polar surface area (TPSA) is 150 Å². The number of carbonyl (C=O) groups excluding carboxylic acids is 4. The quantitative estimate of drug-likeness (QED) is 0.234. The van der Waals surface area contributed by atoms with Crippen LogP contribution in [0.1, 0.15) is 53.0 Å². The van der Waals surface area contributed by atoms with E-state index in [9.17, 15) is 19.2 Å². The summed E-state index contributed by atoms with van der Waals surface area (Å²) in [6.07, 6.45) is -1.86. The van der Waals surface area contributed by atoms with Gasteiger partial charge < -0.3 is 34.2 Å². The zero-order valence-corrected chi connectivity index (χ0v) is 21.8. The van der Waals surface area contributed by atoms with Gasteiger partial charge >= 0.3 is 24.2 Å². The summed E-state index contributed by atoms with van der Waals surface area (Å²) in [5.74, 6) is -1.20. The molecule has 1 aromatic rings. The number of esters is 2. The predicted octanol–water partition coefficient (Wildman–Crippen LogP) is 3.79. The number of hydrogen-bond acceptors (Lipinski definition) is 11. The van der Waals surface area contributed by atoms with Crippen molar-refractivity contribution in [2.45, 2.75) is 59.4 Å². The highest BCUT2D eigenvalue weighted by molar-refractivity contribution is 5.81. The Hall–Kier alpha value is -3.34. The molecule has 0 aromatic heterocycles. The summed E-state index contributed by atoms with van der Waals surface area (Å²) in [4.78, 5) is 48.2. The molecular weight excluding hydrogens is 474 g/mol. The molecule has 36 heavy (non-hydrogen) atoms. The number of hydrogen-bond donors (Lipinski definition) is 1. The van der Waals surface area contributed by atoms with Crippen LogP contribution in [0.2, 0.25) is 0 Å². The highest BCUT2D eigenvalue weighted by Crippen LogP contribution is 2.31. The van der Waals surface area contributed by atoms with Crippen molar-refractivity contribution in [2.75, 3.05) is 26.9 Å². The lowest BCUT2D eigenvalue weighted by molar-refractivity contribution is -0.151. The average Bonchev–Trinajstić information content (AvgIpc) is 2.82. The van der Waals surface area contributed by atoms with E-state index in [1.807, 2.05) is 27.7 Å². The maximum atomic E-state index is 12.5. The number of ether oxygens (including phenoxy) is 6. The van der Waals surface area contributed by atoms with Gasteiger partial charge in [0.25, 0.3) is 0 Å². The minimum atomic E-state index is -1.54. The Kier molecular flexibility index (Phi) is 12.7. The van der Waals surface area contributed by atoms with Crippen LogP contribution in [0.3, 0.4) is 0 Å². The molecular formula is C25H37NO10. The van der Waals surface area contributed by atoms with Crippen molar-refractivity contribution in [1.29, 1.82) is 0 Å². The Balaban J connectivity index is 3.17. The third-order valence-electron chi connectivity index (χ3n) is 4.68. The number of carbonyl (C=O) groups is 4. The van der Waals surface area contributed by atoms with Crippen molar-refractivity contribution in [3.05, 3.63) is 23.8 Å². The fraction of sp³-hybridized carbons (Fsp3) is 0.600. The fourth-order valence-electron chi connectivity index (χ4n) is 2.81. The van der Waals surface area contributed by atoms with E-state index in [0.717, 1.165) is 0 Å². The van der Waals surface area contributed by atoms with Crippen molar-refractivity contribution >= 4 is 24.2 Å². The highest BCUT2D eigenvalue weighted by atomic mass is 16.7. The molecule has 0 saturated heterocycles. The second-order valence-corrected chi connectivity index (χ2v) is 9.04. The van der Waals surface area contributed by atoms with E-state index in [1.54, 1.807) is 13.0 Å². The van der Waals surface area contributed by atoms with Gasteiger partial charge in [0.05, 0.1) is 26.9 Å². The standard InChI is InChI=1S/C25H37NO10/c1-7-21(27)32-11-10-25(26,22(28)31-6)13-18-8-9-19(35-23(29)33-14-16(2)3)20(12-18)36-24(30)34-15-17(4)5/h8-9,12,16-17H,7,10-11,13-15,26H2,1-6H3/t25-/m1/s1. The van der Waals surface area contributed by atoms with Gasteiger partial charge in [0.2, 0.25) is 0 Å². The maximum Gasteiger partial charge on any atom is 0.513 e. The fourth-order valence-corrected chi connectivity index (χ4v) is 2.81. The van der Waals surface area contributed by atoms with Crippen molar-refractivity contribution in [1.82, 2.24) is 0 Å². The zero-order chi connectivity index (χ0) is 27.3. The van der Waals surface area contributed by atoms with Crippen LogP contribution in [0.5, 0.6) is 11.5 Å². The lowest BCUT2D eigenvalue weighted by Crippen LogP contribution is -2.51.